The molecular weight excluding hydrogens is 424 g/mol. The van der Waals surface area contributed by atoms with Crippen LogP contribution in [0.3, 0.4) is 0 Å². The molecule has 2 aliphatic rings. The summed E-state index contributed by atoms with van der Waals surface area (Å²) in [5, 5.41) is 12.8. The van der Waals surface area contributed by atoms with E-state index in [1.54, 1.807) is 0 Å². The lowest BCUT2D eigenvalue weighted by Crippen LogP contribution is -2.41. The van der Waals surface area contributed by atoms with Gasteiger partial charge >= 0.3 is 0 Å². The van der Waals surface area contributed by atoms with Crippen molar-refractivity contribution >= 4 is 17.7 Å². The quantitative estimate of drug-likeness (QED) is 0.559. The Morgan fingerprint density at radius 2 is 1.91 bits per heavy atom. The fourth-order valence-corrected chi connectivity index (χ4v) is 5.07. The van der Waals surface area contributed by atoms with Gasteiger partial charge in [-0.15, -0.1) is 10.2 Å². The van der Waals surface area contributed by atoms with Gasteiger partial charge in [0, 0.05) is 17.3 Å². The van der Waals surface area contributed by atoms with Crippen molar-refractivity contribution in [2.45, 2.75) is 43.8 Å². The van der Waals surface area contributed by atoms with Gasteiger partial charge in [-0.05, 0) is 49.1 Å². The second-order valence-corrected chi connectivity index (χ2v) is 9.21. The Hall–Kier alpha value is -3.00. The van der Waals surface area contributed by atoms with Gasteiger partial charge in [0.1, 0.15) is 0 Å². The first kappa shape index (κ1) is 20.9. The minimum absolute atomic E-state index is 0.0426. The molecule has 2 atom stereocenters. The van der Waals surface area contributed by atoms with Gasteiger partial charge in [-0.25, -0.2) is 0 Å². The van der Waals surface area contributed by atoms with Crippen LogP contribution in [-0.4, -0.2) is 39.3 Å². The Kier molecular flexibility index (Phi) is 6.03. The predicted molar refractivity (Wildman–Crippen MR) is 123 cm³/mol. The average Bonchev–Trinajstić information content (AvgIpc) is 3.46. The maximum atomic E-state index is 12.7. The maximum absolute atomic E-state index is 12.7. The van der Waals surface area contributed by atoms with Crippen LogP contribution < -0.4 is 14.8 Å². The number of rotatable bonds is 6. The number of thioether (sulfide) groups is 1. The summed E-state index contributed by atoms with van der Waals surface area (Å²) in [6, 6.07) is 16.0. The topological polar surface area (TPSA) is 78.3 Å². The van der Waals surface area contributed by atoms with Gasteiger partial charge in [-0.2, -0.15) is 0 Å². The zero-order valence-electron chi connectivity index (χ0n) is 18.0. The number of nitrogens with zero attached hydrogens (tertiary/aromatic N) is 3. The van der Waals surface area contributed by atoms with Crippen LogP contribution in [0, 0.1) is 5.92 Å². The van der Waals surface area contributed by atoms with E-state index in [9.17, 15) is 4.79 Å². The molecule has 1 aromatic heterocycles. The number of carbonyl (C=O) groups is 1. The third kappa shape index (κ3) is 4.32. The van der Waals surface area contributed by atoms with Crippen molar-refractivity contribution < 1.29 is 14.3 Å². The van der Waals surface area contributed by atoms with Crippen LogP contribution in [-0.2, 0) is 4.79 Å². The first-order chi connectivity index (χ1) is 15.7. The molecule has 2 aromatic carbocycles. The van der Waals surface area contributed by atoms with Crippen LogP contribution in [0.1, 0.15) is 32.6 Å². The predicted octanol–water partition coefficient (Wildman–Crippen LogP) is 4.45. The number of carbonyl (C=O) groups excluding carboxylic acids is 1. The van der Waals surface area contributed by atoms with Crippen molar-refractivity contribution in [3.05, 3.63) is 48.5 Å². The smallest absolute Gasteiger partial charge is 0.231 e. The fraction of sp³-hybridized carbons (Fsp3) is 0.375. The zero-order chi connectivity index (χ0) is 21.9. The molecule has 0 spiro atoms. The average molecular weight is 451 g/mol. The largest absolute Gasteiger partial charge is 0.454 e. The molecule has 1 aliphatic heterocycles. The number of hydrogen-bond donors (Lipinski definition) is 1. The molecule has 1 N–H and O–H groups in total. The molecule has 7 nitrogen and oxygen atoms in total. The zero-order valence-corrected chi connectivity index (χ0v) is 18.8. The first-order valence-corrected chi connectivity index (χ1v) is 12.0. The Morgan fingerprint density at radius 3 is 2.75 bits per heavy atom. The Labute approximate surface area is 191 Å². The molecule has 3 aromatic rings. The van der Waals surface area contributed by atoms with Crippen molar-refractivity contribution in [1.29, 1.82) is 0 Å². The first-order valence-electron chi connectivity index (χ1n) is 11.0. The number of aromatic nitrogens is 3. The van der Waals surface area contributed by atoms with Gasteiger partial charge in [0.2, 0.25) is 12.7 Å². The highest BCUT2D eigenvalue weighted by molar-refractivity contribution is 7.99. The molecule has 0 bridgehead atoms. The second kappa shape index (κ2) is 9.24. The number of hydrogen-bond acceptors (Lipinski definition) is 6. The van der Waals surface area contributed by atoms with Crippen LogP contribution >= 0.6 is 11.8 Å². The Morgan fingerprint density at radius 1 is 1.09 bits per heavy atom. The number of amides is 1. The van der Waals surface area contributed by atoms with Crippen LogP contribution in [0.15, 0.2) is 53.7 Å². The lowest BCUT2D eigenvalue weighted by molar-refractivity contribution is -0.119. The lowest BCUT2D eigenvalue weighted by atomic mass is 9.86. The fourth-order valence-electron chi connectivity index (χ4n) is 4.31. The highest BCUT2D eigenvalue weighted by atomic mass is 32.2. The van der Waals surface area contributed by atoms with E-state index < -0.39 is 0 Å². The molecular formula is C24H26N4O3S. The second-order valence-electron chi connectivity index (χ2n) is 8.27. The highest BCUT2D eigenvalue weighted by Crippen LogP contribution is 2.37. The molecule has 0 saturated heterocycles. The molecule has 0 radical (unpaired) electrons. The summed E-state index contributed by atoms with van der Waals surface area (Å²) in [6.45, 7) is 2.45. The standard InChI is InChI=1S/C24H26N4O3S/c1-16-7-5-6-10-19(16)25-22(29)14-32-24-27-26-23(28(24)18-8-3-2-4-9-18)17-11-12-20-21(13-17)31-15-30-20/h2-4,8-9,11-13,16,19H,5-7,10,14-15H2,1H3,(H,25,29)/t16-,19+/m1/s1. The Bertz CT molecular complexity index is 1100. The van der Waals surface area contributed by atoms with E-state index in [-0.39, 0.29) is 18.7 Å². The minimum Gasteiger partial charge on any atom is -0.454 e. The molecule has 1 amide bonds. The number of benzene rings is 2. The molecule has 1 aliphatic carbocycles. The molecule has 32 heavy (non-hydrogen) atoms. The summed E-state index contributed by atoms with van der Waals surface area (Å²) in [4.78, 5) is 12.7. The molecule has 1 saturated carbocycles. The minimum atomic E-state index is 0.0426. The van der Waals surface area contributed by atoms with Crippen molar-refractivity contribution in [2.24, 2.45) is 5.92 Å². The summed E-state index contributed by atoms with van der Waals surface area (Å²) >= 11 is 1.40. The molecule has 0 unspecified atom stereocenters. The van der Waals surface area contributed by atoms with Crippen molar-refractivity contribution in [2.75, 3.05) is 12.5 Å². The normalized spacial score (nSPS) is 19.7. The number of para-hydroxylation sites is 1. The number of nitrogens with one attached hydrogen (secondary N) is 1. The Balaban J connectivity index is 1.38. The van der Waals surface area contributed by atoms with Crippen molar-refractivity contribution in [3.8, 4) is 28.6 Å². The van der Waals surface area contributed by atoms with E-state index in [0.717, 1.165) is 23.4 Å². The van der Waals surface area contributed by atoms with Gasteiger partial charge < -0.3 is 14.8 Å². The number of fused-ring (bicyclic) bond motifs is 1. The molecule has 2 heterocycles. The SMILES string of the molecule is C[C@@H]1CCCC[C@@H]1NC(=O)CSc1nnc(-c2ccc3c(c2)OCO3)n1-c1ccccc1. The van der Waals surface area contributed by atoms with Crippen molar-refractivity contribution in [3.63, 3.8) is 0 Å². The van der Waals surface area contributed by atoms with E-state index in [2.05, 4.69) is 22.4 Å². The van der Waals surface area contributed by atoms with E-state index in [0.29, 0.717) is 28.4 Å². The number of ether oxygens (including phenoxy) is 2. The molecule has 5 rings (SSSR count). The molecule has 1 fully saturated rings. The summed E-state index contributed by atoms with van der Waals surface area (Å²) in [5.74, 6) is 2.99. The summed E-state index contributed by atoms with van der Waals surface area (Å²) < 4.78 is 13.0. The lowest BCUT2D eigenvalue weighted by Gasteiger charge is -2.29. The van der Waals surface area contributed by atoms with E-state index >= 15 is 0 Å². The van der Waals surface area contributed by atoms with Crippen molar-refractivity contribution in [1.82, 2.24) is 20.1 Å². The summed E-state index contributed by atoms with van der Waals surface area (Å²) in [7, 11) is 0. The van der Waals surface area contributed by atoms with Gasteiger partial charge in [-0.3, -0.25) is 9.36 Å². The monoisotopic (exact) mass is 450 g/mol. The van der Waals surface area contributed by atoms with Crippen LogP contribution in [0.25, 0.3) is 17.1 Å². The van der Waals surface area contributed by atoms with E-state index in [1.807, 2.05) is 53.1 Å². The highest BCUT2D eigenvalue weighted by Gasteiger charge is 2.24. The molecule has 8 heteroatoms. The summed E-state index contributed by atoms with van der Waals surface area (Å²) in [5.41, 5.74) is 1.81. The van der Waals surface area contributed by atoms with Crippen LogP contribution in [0.2, 0.25) is 0 Å². The maximum Gasteiger partial charge on any atom is 0.231 e. The van der Waals surface area contributed by atoms with Crippen LogP contribution in [0.4, 0.5) is 0 Å². The summed E-state index contributed by atoms with van der Waals surface area (Å²) in [6.07, 6.45) is 4.68. The van der Waals surface area contributed by atoms with Crippen LogP contribution in [0.5, 0.6) is 11.5 Å². The van der Waals surface area contributed by atoms with Gasteiger partial charge in [0.25, 0.3) is 0 Å². The van der Waals surface area contributed by atoms with Gasteiger partial charge in [0.15, 0.2) is 22.5 Å². The van der Waals surface area contributed by atoms with E-state index in [4.69, 9.17) is 9.47 Å². The van der Waals surface area contributed by atoms with E-state index in [1.165, 1.54) is 31.0 Å². The molecule has 166 valence electrons. The van der Waals surface area contributed by atoms with Gasteiger partial charge in [0.05, 0.1) is 5.75 Å². The third-order valence-electron chi connectivity index (χ3n) is 6.07. The third-order valence-corrected chi connectivity index (χ3v) is 7.00. The van der Waals surface area contributed by atoms with Gasteiger partial charge in [-0.1, -0.05) is 49.7 Å².